The van der Waals surface area contributed by atoms with Gasteiger partial charge in [0.1, 0.15) is 0 Å². The highest BCUT2D eigenvalue weighted by molar-refractivity contribution is 14.0. The molecule has 8 heteroatoms. The zero-order chi connectivity index (χ0) is 19.4. The second-order valence-electron chi connectivity index (χ2n) is 8.36. The summed E-state index contributed by atoms with van der Waals surface area (Å²) < 4.78 is 1.86. The molecule has 3 unspecified atom stereocenters. The highest BCUT2D eigenvalue weighted by Crippen LogP contribution is 2.32. The number of halogens is 1. The molecular weight excluding hydrogens is 465 g/mol. The number of hydrogen-bond donors (Lipinski definition) is 2. The lowest BCUT2D eigenvalue weighted by molar-refractivity contribution is 0.0526. The van der Waals surface area contributed by atoms with Gasteiger partial charge < -0.3 is 20.4 Å². The SMILES string of the molecule is CCNC(=NCC(c1cnn(C)c1)N(C)C)NC1CC2CCCC(C1)N2C.I. The Morgan fingerprint density at radius 2 is 1.96 bits per heavy atom. The smallest absolute Gasteiger partial charge is 0.191 e. The third-order valence-electron chi connectivity index (χ3n) is 6.18. The summed E-state index contributed by atoms with van der Waals surface area (Å²) in [6.07, 6.45) is 10.5. The van der Waals surface area contributed by atoms with Gasteiger partial charge in [0.05, 0.1) is 18.8 Å². The standard InChI is InChI=1S/C20H37N7.HI/c1-6-21-20(22-13-19(25(2)3)15-12-23-26(4)14-15)24-16-10-17-8-7-9-18(11-16)27(17)5;/h12,14,16-19H,6-11,13H2,1-5H3,(H2,21,22,24);1H. The summed E-state index contributed by atoms with van der Waals surface area (Å²) in [6, 6.07) is 2.20. The summed E-state index contributed by atoms with van der Waals surface area (Å²) >= 11 is 0. The van der Waals surface area contributed by atoms with Gasteiger partial charge in [0.15, 0.2) is 5.96 Å². The molecule has 2 fully saturated rings. The summed E-state index contributed by atoms with van der Waals surface area (Å²) in [4.78, 5) is 9.75. The van der Waals surface area contributed by atoms with Crippen LogP contribution in [0.1, 0.15) is 50.6 Å². The molecule has 2 N–H and O–H groups in total. The Labute approximate surface area is 187 Å². The lowest BCUT2D eigenvalue weighted by atomic mass is 9.82. The number of fused-ring (bicyclic) bond motifs is 2. The van der Waals surface area contributed by atoms with E-state index in [-0.39, 0.29) is 30.0 Å². The van der Waals surface area contributed by atoms with Crippen LogP contribution in [-0.2, 0) is 7.05 Å². The minimum atomic E-state index is 0. The monoisotopic (exact) mass is 503 g/mol. The van der Waals surface area contributed by atoms with E-state index in [0.29, 0.717) is 12.6 Å². The predicted octanol–water partition coefficient (Wildman–Crippen LogP) is 2.21. The third kappa shape index (κ3) is 5.82. The lowest BCUT2D eigenvalue weighted by Crippen LogP contribution is -2.56. The summed E-state index contributed by atoms with van der Waals surface area (Å²) in [5, 5.41) is 11.5. The number of nitrogens with one attached hydrogen (secondary N) is 2. The number of guanidine groups is 1. The van der Waals surface area contributed by atoms with Gasteiger partial charge in [-0.2, -0.15) is 5.10 Å². The molecule has 3 rings (SSSR count). The van der Waals surface area contributed by atoms with E-state index in [2.05, 4.69) is 59.8 Å². The van der Waals surface area contributed by atoms with Crippen molar-refractivity contribution in [2.75, 3.05) is 34.2 Å². The molecule has 2 saturated heterocycles. The maximum atomic E-state index is 4.93. The van der Waals surface area contributed by atoms with E-state index >= 15 is 0 Å². The van der Waals surface area contributed by atoms with Gasteiger partial charge in [0, 0.05) is 43.5 Å². The molecule has 2 aliphatic rings. The first kappa shape index (κ1) is 23.4. The molecule has 28 heavy (non-hydrogen) atoms. The fourth-order valence-electron chi connectivity index (χ4n) is 4.60. The van der Waals surface area contributed by atoms with Crippen molar-refractivity contribution in [1.82, 2.24) is 30.2 Å². The Morgan fingerprint density at radius 3 is 2.50 bits per heavy atom. The molecule has 0 aromatic carbocycles. The molecule has 0 spiro atoms. The van der Waals surface area contributed by atoms with E-state index < -0.39 is 0 Å². The average molecular weight is 503 g/mol. The quantitative estimate of drug-likeness (QED) is 0.354. The number of likely N-dealkylation sites (N-methyl/N-ethyl adjacent to an activating group) is 1. The molecule has 3 heterocycles. The fraction of sp³-hybridized carbons (Fsp3) is 0.800. The summed E-state index contributed by atoms with van der Waals surface area (Å²) in [7, 11) is 8.47. The number of piperidine rings is 2. The van der Waals surface area contributed by atoms with Crippen LogP contribution < -0.4 is 10.6 Å². The molecule has 160 valence electrons. The Hall–Kier alpha value is -0.870. The van der Waals surface area contributed by atoms with Gasteiger partial charge in [0.25, 0.3) is 0 Å². The summed E-state index contributed by atoms with van der Waals surface area (Å²) in [5.74, 6) is 0.945. The second-order valence-corrected chi connectivity index (χ2v) is 8.36. The maximum absolute atomic E-state index is 4.93. The van der Waals surface area contributed by atoms with Crippen molar-refractivity contribution in [2.45, 2.75) is 63.2 Å². The van der Waals surface area contributed by atoms with Crippen molar-refractivity contribution in [3.8, 4) is 0 Å². The first-order valence-corrected chi connectivity index (χ1v) is 10.4. The number of nitrogens with zero attached hydrogens (tertiary/aromatic N) is 5. The first-order chi connectivity index (χ1) is 13.0. The van der Waals surface area contributed by atoms with Crippen molar-refractivity contribution in [3.05, 3.63) is 18.0 Å². The van der Waals surface area contributed by atoms with Crippen molar-refractivity contribution in [3.63, 3.8) is 0 Å². The summed E-state index contributed by atoms with van der Waals surface area (Å²) in [5.41, 5.74) is 1.20. The number of aliphatic imine (C=N–C) groups is 1. The van der Waals surface area contributed by atoms with E-state index in [9.17, 15) is 0 Å². The van der Waals surface area contributed by atoms with Gasteiger partial charge in [-0.1, -0.05) is 6.42 Å². The van der Waals surface area contributed by atoms with Crippen LogP contribution in [0, 0.1) is 0 Å². The van der Waals surface area contributed by atoms with Gasteiger partial charge in [0.2, 0.25) is 0 Å². The van der Waals surface area contributed by atoms with Crippen LogP contribution in [0.3, 0.4) is 0 Å². The Kier molecular flexibility index (Phi) is 9.01. The topological polar surface area (TPSA) is 60.7 Å². The molecule has 2 bridgehead atoms. The molecular formula is C20H38IN7. The van der Waals surface area contributed by atoms with Crippen LogP contribution in [-0.4, -0.2) is 77.9 Å². The Morgan fingerprint density at radius 1 is 1.29 bits per heavy atom. The minimum Gasteiger partial charge on any atom is -0.357 e. The highest BCUT2D eigenvalue weighted by atomic mass is 127. The molecule has 0 aliphatic carbocycles. The number of aryl methyl sites for hydroxylation is 1. The zero-order valence-electron chi connectivity index (χ0n) is 18.1. The van der Waals surface area contributed by atoms with E-state index in [1.807, 2.05) is 17.9 Å². The van der Waals surface area contributed by atoms with Gasteiger partial charge >= 0.3 is 0 Å². The van der Waals surface area contributed by atoms with Gasteiger partial charge in [-0.25, -0.2) is 0 Å². The third-order valence-corrected chi connectivity index (χ3v) is 6.18. The van der Waals surface area contributed by atoms with Crippen molar-refractivity contribution >= 4 is 29.9 Å². The second kappa shape index (κ2) is 10.8. The van der Waals surface area contributed by atoms with Crippen molar-refractivity contribution < 1.29 is 0 Å². The van der Waals surface area contributed by atoms with Crippen LogP contribution in [0.15, 0.2) is 17.4 Å². The number of aromatic nitrogens is 2. The molecule has 0 saturated carbocycles. The van der Waals surface area contributed by atoms with E-state index in [0.717, 1.165) is 24.6 Å². The summed E-state index contributed by atoms with van der Waals surface area (Å²) in [6.45, 7) is 3.73. The van der Waals surface area contributed by atoms with Gasteiger partial charge in [-0.3, -0.25) is 9.67 Å². The first-order valence-electron chi connectivity index (χ1n) is 10.4. The Bertz CT molecular complexity index is 616. The van der Waals surface area contributed by atoms with Crippen LogP contribution >= 0.6 is 24.0 Å². The molecule has 1 aromatic heterocycles. The predicted molar refractivity (Wildman–Crippen MR) is 126 cm³/mol. The largest absolute Gasteiger partial charge is 0.357 e. The van der Waals surface area contributed by atoms with E-state index in [4.69, 9.17) is 4.99 Å². The number of rotatable bonds is 6. The highest BCUT2D eigenvalue weighted by Gasteiger charge is 2.36. The molecule has 3 atom stereocenters. The van der Waals surface area contributed by atoms with E-state index in [1.165, 1.54) is 37.7 Å². The Balaban J connectivity index is 0.00000280. The maximum Gasteiger partial charge on any atom is 0.191 e. The average Bonchev–Trinajstić information content (AvgIpc) is 3.02. The number of hydrogen-bond acceptors (Lipinski definition) is 4. The molecule has 0 amide bonds. The minimum absolute atomic E-state index is 0. The molecule has 7 nitrogen and oxygen atoms in total. The molecule has 1 aromatic rings. The molecule has 2 aliphatic heterocycles. The van der Waals surface area contributed by atoms with Crippen LogP contribution in [0.25, 0.3) is 0 Å². The van der Waals surface area contributed by atoms with Crippen LogP contribution in [0.2, 0.25) is 0 Å². The van der Waals surface area contributed by atoms with Crippen molar-refractivity contribution in [2.24, 2.45) is 12.0 Å². The van der Waals surface area contributed by atoms with Crippen molar-refractivity contribution in [1.29, 1.82) is 0 Å². The lowest BCUT2D eigenvalue weighted by Gasteiger charge is -2.47. The normalized spacial score (nSPS) is 26.6. The van der Waals surface area contributed by atoms with Gasteiger partial charge in [-0.05, 0) is 53.8 Å². The van der Waals surface area contributed by atoms with Crippen LogP contribution in [0.4, 0.5) is 0 Å². The van der Waals surface area contributed by atoms with Gasteiger partial charge in [-0.15, -0.1) is 24.0 Å². The molecule has 0 radical (unpaired) electrons. The fourth-order valence-corrected chi connectivity index (χ4v) is 4.60. The van der Waals surface area contributed by atoms with Crippen LogP contribution in [0.5, 0.6) is 0 Å². The zero-order valence-corrected chi connectivity index (χ0v) is 20.4. The van der Waals surface area contributed by atoms with E-state index in [1.54, 1.807) is 0 Å².